The number of hydrogen-bond acceptors (Lipinski definition) is 4. The summed E-state index contributed by atoms with van der Waals surface area (Å²) in [4.78, 5) is 12.4. The van der Waals surface area contributed by atoms with Crippen LogP contribution in [-0.2, 0) is 14.6 Å². The van der Waals surface area contributed by atoms with Crippen LogP contribution in [0.1, 0.15) is 30.7 Å². The van der Waals surface area contributed by atoms with Crippen molar-refractivity contribution in [2.24, 2.45) is 0 Å². The maximum absolute atomic E-state index is 13.9. The number of ketones is 1. The summed E-state index contributed by atoms with van der Waals surface area (Å²) >= 11 is 5.86. The average molecular weight is 330 g/mol. The van der Waals surface area contributed by atoms with E-state index in [2.05, 4.69) is 0 Å². The Balaban J connectivity index is 2.43. The third kappa shape index (κ3) is 3.09. The van der Waals surface area contributed by atoms with Gasteiger partial charge in [0.2, 0.25) is 0 Å². The average Bonchev–Trinajstić information content (AvgIpc) is 2.42. The first-order valence-corrected chi connectivity index (χ1v) is 8.56. The van der Waals surface area contributed by atoms with Gasteiger partial charge in [-0.3, -0.25) is 4.79 Å². The molecule has 1 aliphatic heterocycles. The topological polar surface area (TPSA) is 75.0 Å². The van der Waals surface area contributed by atoms with E-state index in [4.69, 9.17) is 11.6 Å². The quantitative estimate of drug-likeness (QED) is 0.854. The lowest BCUT2D eigenvalue weighted by Crippen LogP contribution is -2.38. The normalized spacial score (nSPS) is 22.2. The van der Waals surface area contributed by atoms with Gasteiger partial charge in [-0.15, -0.1) is 0 Å². The molecule has 0 spiro atoms. The predicted molar refractivity (Wildman–Crippen MR) is 76.2 cm³/mol. The summed E-state index contributed by atoms with van der Waals surface area (Å²) in [5, 5.41) is 7.91. The second-order valence-electron chi connectivity index (χ2n) is 4.95. The molecule has 1 aromatic carbocycles. The van der Waals surface area contributed by atoms with Gasteiger partial charge in [-0.1, -0.05) is 24.1 Å². The highest BCUT2D eigenvalue weighted by Gasteiger charge is 2.40. The number of Topliss-reactive ketones (excluding diaryl/α,β-unsaturated/α-hetero) is 1. The Morgan fingerprint density at radius 3 is 2.71 bits per heavy atom. The third-order valence-electron chi connectivity index (χ3n) is 3.60. The van der Waals surface area contributed by atoms with Gasteiger partial charge in [0.05, 0.1) is 11.8 Å². The number of rotatable bonds is 3. The highest BCUT2D eigenvalue weighted by molar-refractivity contribution is 7.92. The van der Waals surface area contributed by atoms with Crippen LogP contribution in [0.15, 0.2) is 18.2 Å². The SMILES string of the molecule is N#CC(C(=O)C1CCCCS1(=O)=O)c1c(F)cccc1Cl. The fourth-order valence-electron chi connectivity index (χ4n) is 2.52. The third-order valence-corrected chi connectivity index (χ3v) is 6.12. The number of carbonyl (C=O) groups is 1. The maximum Gasteiger partial charge on any atom is 0.172 e. The van der Waals surface area contributed by atoms with Gasteiger partial charge in [0, 0.05) is 10.6 Å². The van der Waals surface area contributed by atoms with Gasteiger partial charge < -0.3 is 0 Å². The van der Waals surface area contributed by atoms with Crippen molar-refractivity contribution in [2.45, 2.75) is 30.4 Å². The molecule has 0 radical (unpaired) electrons. The molecule has 0 aliphatic carbocycles. The molecule has 0 bridgehead atoms. The minimum atomic E-state index is -3.58. The fraction of sp³-hybridized carbons (Fsp3) is 0.429. The van der Waals surface area contributed by atoms with E-state index >= 15 is 0 Å². The molecular formula is C14H13ClFNO3S. The molecule has 21 heavy (non-hydrogen) atoms. The molecular weight excluding hydrogens is 317 g/mol. The van der Waals surface area contributed by atoms with Gasteiger partial charge in [0.25, 0.3) is 0 Å². The maximum atomic E-state index is 13.9. The van der Waals surface area contributed by atoms with Gasteiger partial charge >= 0.3 is 0 Å². The van der Waals surface area contributed by atoms with Gasteiger partial charge in [0.1, 0.15) is 17.0 Å². The molecule has 1 saturated heterocycles. The minimum Gasteiger partial charge on any atom is -0.296 e. The summed E-state index contributed by atoms with van der Waals surface area (Å²) < 4.78 is 37.8. The summed E-state index contributed by atoms with van der Waals surface area (Å²) in [7, 11) is -3.58. The van der Waals surface area contributed by atoms with E-state index in [1.165, 1.54) is 12.1 Å². The lowest BCUT2D eigenvalue weighted by Gasteiger charge is -2.23. The summed E-state index contributed by atoms with van der Waals surface area (Å²) in [5.74, 6) is -3.15. The molecule has 2 atom stereocenters. The molecule has 0 saturated carbocycles. The largest absolute Gasteiger partial charge is 0.296 e. The molecule has 1 heterocycles. The minimum absolute atomic E-state index is 0.0527. The Morgan fingerprint density at radius 1 is 1.43 bits per heavy atom. The number of hydrogen-bond donors (Lipinski definition) is 0. The van der Waals surface area contributed by atoms with Crippen molar-refractivity contribution in [3.63, 3.8) is 0 Å². The molecule has 4 nitrogen and oxygen atoms in total. The van der Waals surface area contributed by atoms with Crippen LogP contribution in [0.2, 0.25) is 5.02 Å². The first-order chi connectivity index (χ1) is 9.88. The van der Waals surface area contributed by atoms with Crippen LogP contribution in [0, 0.1) is 17.1 Å². The number of nitrogens with zero attached hydrogens (tertiary/aromatic N) is 1. The summed E-state index contributed by atoms with van der Waals surface area (Å²) in [6, 6.07) is 5.51. The monoisotopic (exact) mass is 329 g/mol. The van der Waals surface area contributed by atoms with Crippen molar-refractivity contribution in [1.82, 2.24) is 0 Å². The highest BCUT2D eigenvalue weighted by Crippen LogP contribution is 2.32. The zero-order chi connectivity index (χ0) is 15.6. The Bertz CT molecular complexity index is 691. The van der Waals surface area contributed by atoms with Crippen molar-refractivity contribution in [2.75, 3.05) is 5.75 Å². The number of nitriles is 1. The summed E-state index contributed by atoms with van der Waals surface area (Å²) in [5.41, 5.74) is -0.243. The first-order valence-electron chi connectivity index (χ1n) is 6.47. The number of sulfone groups is 1. The van der Waals surface area contributed by atoms with Crippen LogP contribution in [0.4, 0.5) is 4.39 Å². The van der Waals surface area contributed by atoms with Crippen LogP contribution < -0.4 is 0 Å². The van der Waals surface area contributed by atoms with Crippen LogP contribution in [-0.4, -0.2) is 25.2 Å². The molecule has 0 N–H and O–H groups in total. The van der Waals surface area contributed by atoms with Crippen LogP contribution >= 0.6 is 11.6 Å². The predicted octanol–water partition coefficient (Wildman–Crippen LogP) is 2.62. The Morgan fingerprint density at radius 2 is 2.14 bits per heavy atom. The number of halogens is 2. The molecule has 7 heteroatoms. The van der Waals surface area contributed by atoms with Gasteiger partial charge in [-0.05, 0) is 25.0 Å². The van der Waals surface area contributed by atoms with E-state index in [0.717, 1.165) is 6.07 Å². The molecule has 2 rings (SSSR count). The molecule has 1 aromatic rings. The lowest BCUT2D eigenvalue weighted by atomic mass is 9.92. The van der Waals surface area contributed by atoms with Crippen molar-refractivity contribution < 1.29 is 17.6 Å². The van der Waals surface area contributed by atoms with Crippen LogP contribution in [0.25, 0.3) is 0 Å². The highest BCUT2D eigenvalue weighted by atomic mass is 35.5. The smallest absolute Gasteiger partial charge is 0.172 e. The molecule has 0 aromatic heterocycles. The summed E-state index contributed by atoms with van der Waals surface area (Å²) in [6.07, 6.45) is 1.27. The molecule has 1 fully saturated rings. The van der Waals surface area contributed by atoms with E-state index in [-0.39, 0.29) is 22.8 Å². The zero-order valence-electron chi connectivity index (χ0n) is 11.1. The van der Waals surface area contributed by atoms with Crippen LogP contribution in [0.3, 0.4) is 0 Å². The second-order valence-corrected chi connectivity index (χ2v) is 7.66. The fourth-order valence-corrected chi connectivity index (χ4v) is 4.70. The Labute approximate surface area is 127 Å². The molecule has 2 unspecified atom stereocenters. The standard InChI is InChI=1S/C14H13ClFNO3S/c15-10-4-3-5-11(16)13(10)9(8-17)14(18)12-6-1-2-7-21(12,19)20/h3-5,9,12H,1-2,6-7H2. The van der Waals surface area contributed by atoms with Gasteiger partial charge in [-0.2, -0.15) is 5.26 Å². The van der Waals surface area contributed by atoms with E-state index in [1.54, 1.807) is 6.07 Å². The van der Waals surface area contributed by atoms with Crippen LogP contribution in [0.5, 0.6) is 0 Å². The zero-order valence-corrected chi connectivity index (χ0v) is 12.6. The Hall–Kier alpha value is -1.45. The number of carbonyl (C=O) groups excluding carboxylic acids is 1. The Kier molecular flexibility index (Phi) is 4.64. The van der Waals surface area contributed by atoms with Crippen molar-refractivity contribution in [1.29, 1.82) is 5.26 Å². The first kappa shape index (κ1) is 15.9. The van der Waals surface area contributed by atoms with Gasteiger partial charge in [0.15, 0.2) is 15.6 Å². The molecule has 1 aliphatic rings. The van der Waals surface area contributed by atoms with E-state index in [0.29, 0.717) is 12.8 Å². The molecule has 112 valence electrons. The second kappa shape index (κ2) is 6.12. The van der Waals surface area contributed by atoms with E-state index < -0.39 is 32.6 Å². The van der Waals surface area contributed by atoms with E-state index in [9.17, 15) is 22.9 Å². The summed E-state index contributed by atoms with van der Waals surface area (Å²) in [6.45, 7) is 0. The van der Waals surface area contributed by atoms with Crippen molar-refractivity contribution in [3.8, 4) is 6.07 Å². The molecule has 0 amide bonds. The van der Waals surface area contributed by atoms with Crippen molar-refractivity contribution >= 4 is 27.2 Å². The van der Waals surface area contributed by atoms with E-state index in [1.807, 2.05) is 0 Å². The van der Waals surface area contributed by atoms with Gasteiger partial charge in [-0.25, -0.2) is 12.8 Å². The van der Waals surface area contributed by atoms with Crippen molar-refractivity contribution in [3.05, 3.63) is 34.6 Å². The lowest BCUT2D eigenvalue weighted by molar-refractivity contribution is -0.119. The number of benzene rings is 1.